The number of thiocarbonyl (C=S) groups is 1. The molecule has 4 nitrogen and oxygen atoms in total. The third-order valence-corrected chi connectivity index (χ3v) is 4.47. The molecule has 27 heavy (non-hydrogen) atoms. The molecule has 0 saturated heterocycles. The molecule has 0 radical (unpaired) electrons. The molecule has 0 spiro atoms. The van der Waals surface area contributed by atoms with Gasteiger partial charge in [-0.15, -0.1) is 0 Å². The van der Waals surface area contributed by atoms with E-state index in [1.54, 1.807) is 7.11 Å². The van der Waals surface area contributed by atoms with Crippen molar-refractivity contribution in [3.63, 3.8) is 0 Å². The second-order valence-electron chi connectivity index (χ2n) is 6.10. The zero-order chi connectivity index (χ0) is 19.8. The number of methoxy groups -OCH3 is 1. The summed E-state index contributed by atoms with van der Waals surface area (Å²) in [5, 5.41) is 4.38. The van der Waals surface area contributed by atoms with Gasteiger partial charge in [0.15, 0.2) is 5.11 Å². The quantitative estimate of drug-likeness (QED) is 0.482. The lowest BCUT2D eigenvalue weighted by Crippen LogP contribution is -2.40. The van der Waals surface area contributed by atoms with Crippen LogP contribution in [0.25, 0.3) is 0 Å². The van der Waals surface area contributed by atoms with E-state index >= 15 is 0 Å². The van der Waals surface area contributed by atoms with Crippen LogP contribution in [0.5, 0.6) is 11.5 Å². The van der Waals surface area contributed by atoms with Crippen LogP contribution in [0.2, 0.25) is 5.02 Å². The Hall–Kier alpha value is -2.24. The van der Waals surface area contributed by atoms with E-state index in [1.165, 1.54) is 0 Å². The molecule has 6 heteroatoms. The Morgan fingerprint density at radius 2 is 1.93 bits per heavy atom. The van der Waals surface area contributed by atoms with E-state index in [-0.39, 0.29) is 0 Å². The standard InChI is InChI=1S/C21H25ClN2O2S/c1-5-26-18-9-6-16(7-10-18)14-24(21(27)23-13-15(2)3)17-8-11-20(25-4)19(22)12-17/h6-12H,2,5,13-14H2,1,3-4H3,(H,23,27). The van der Waals surface area contributed by atoms with Gasteiger partial charge in [-0.2, -0.15) is 0 Å². The maximum Gasteiger partial charge on any atom is 0.174 e. The smallest absolute Gasteiger partial charge is 0.174 e. The third-order valence-electron chi connectivity index (χ3n) is 3.81. The Balaban J connectivity index is 2.27. The zero-order valence-corrected chi connectivity index (χ0v) is 17.5. The van der Waals surface area contributed by atoms with E-state index < -0.39 is 0 Å². The number of anilines is 1. The maximum atomic E-state index is 6.32. The molecule has 0 saturated carbocycles. The largest absolute Gasteiger partial charge is 0.495 e. The predicted octanol–water partition coefficient (Wildman–Crippen LogP) is 5.20. The van der Waals surface area contributed by atoms with E-state index in [0.717, 1.165) is 22.6 Å². The van der Waals surface area contributed by atoms with Crippen molar-refractivity contribution in [2.75, 3.05) is 25.2 Å². The van der Waals surface area contributed by atoms with Crippen molar-refractivity contribution in [3.05, 3.63) is 65.2 Å². The van der Waals surface area contributed by atoms with Gasteiger partial charge in [0.25, 0.3) is 0 Å². The van der Waals surface area contributed by atoms with Crippen LogP contribution in [0.4, 0.5) is 5.69 Å². The highest BCUT2D eigenvalue weighted by atomic mass is 35.5. The molecule has 144 valence electrons. The van der Waals surface area contributed by atoms with Crippen LogP contribution in [0.3, 0.4) is 0 Å². The first-order chi connectivity index (χ1) is 12.9. The molecule has 0 fully saturated rings. The lowest BCUT2D eigenvalue weighted by molar-refractivity contribution is 0.340. The van der Waals surface area contributed by atoms with Gasteiger partial charge in [0.2, 0.25) is 0 Å². The lowest BCUT2D eigenvalue weighted by Gasteiger charge is -2.27. The number of hydrogen-bond donors (Lipinski definition) is 1. The molecule has 0 unspecified atom stereocenters. The van der Waals surface area contributed by atoms with Crippen LogP contribution in [0.1, 0.15) is 19.4 Å². The molecule has 2 aromatic rings. The number of nitrogens with one attached hydrogen (secondary N) is 1. The van der Waals surface area contributed by atoms with Gasteiger partial charge in [0.05, 0.1) is 25.3 Å². The number of ether oxygens (including phenoxy) is 2. The molecular weight excluding hydrogens is 380 g/mol. The molecule has 0 atom stereocenters. The van der Waals surface area contributed by atoms with Gasteiger partial charge in [-0.25, -0.2) is 0 Å². The average molecular weight is 405 g/mol. The monoisotopic (exact) mass is 404 g/mol. The first-order valence-electron chi connectivity index (χ1n) is 8.69. The second-order valence-corrected chi connectivity index (χ2v) is 6.89. The Morgan fingerprint density at radius 3 is 2.48 bits per heavy atom. The van der Waals surface area contributed by atoms with Crippen molar-refractivity contribution < 1.29 is 9.47 Å². The highest BCUT2D eigenvalue weighted by Crippen LogP contribution is 2.30. The number of benzene rings is 2. The maximum absolute atomic E-state index is 6.32. The fourth-order valence-corrected chi connectivity index (χ4v) is 2.96. The summed E-state index contributed by atoms with van der Waals surface area (Å²) in [6.45, 7) is 9.69. The fraction of sp³-hybridized carbons (Fsp3) is 0.286. The highest BCUT2D eigenvalue weighted by molar-refractivity contribution is 7.80. The van der Waals surface area contributed by atoms with Crippen LogP contribution < -0.4 is 19.7 Å². The van der Waals surface area contributed by atoms with Gasteiger partial charge in [-0.05, 0) is 62.0 Å². The minimum absolute atomic E-state index is 0.536. The van der Waals surface area contributed by atoms with Crippen LogP contribution in [-0.2, 0) is 6.54 Å². The molecule has 0 heterocycles. The van der Waals surface area contributed by atoms with E-state index in [4.69, 9.17) is 33.3 Å². The van der Waals surface area contributed by atoms with Crippen molar-refractivity contribution in [1.29, 1.82) is 0 Å². The Kier molecular flexibility index (Phi) is 7.95. The molecule has 1 N–H and O–H groups in total. The molecule has 0 amide bonds. The summed E-state index contributed by atoms with van der Waals surface area (Å²) in [6.07, 6.45) is 0. The summed E-state index contributed by atoms with van der Waals surface area (Å²) in [4.78, 5) is 2.00. The summed E-state index contributed by atoms with van der Waals surface area (Å²) >= 11 is 11.9. The van der Waals surface area contributed by atoms with Gasteiger partial charge in [0, 0.05) is 12.2 Å². The summed E-state index contributed by atoms with van der Waals surface area (Å²) in [5.74, 6) is 1.48. The summed E-state index contributed by atoms with van der Waals surface area (Å²) in [7, 11) is 1.59. The van der Waals surface area contributed by atoms with Crippen LogP contribution >= 0.6 is 23.8 Å². The molecule has 2 rings (SSSR count). The molecule has 2 aromatic carbocycles. The van der Waals surface area contributed by atoms with Gasteiger partial charge in [-0.3, -0.25) is 0 Å². The predicted molar refractivity (Wildman–Crippen MR) is 117 cm³/mol. The SMILES string of the molecule is C=C(C)CNC(=S)N(Cc1ccc(OCC)cc1)c1ccc(OC)c(Cl)c1. The van der Waals surface area contributed by atoms with E-state index in [9.17, 15) is 0 Å². The molecular formula is C21H25ClN2O2S. The molecule has 0 aliphatic carbocycles. The molecule has 0 aliphatic heterocycles. The number of rotatable bonds is 8. The number of hydrogen-bond acceptors (Lipinski definition) is 3. The van der Waals surface area contributed by atoms with Crippen molar-refractivity contribution in [1.82, 2.24) is 5.32 Å². The van der Waals surface area contributed by atoms with Crippen molar-refractivity contribution in [3.8, 4) is 11.5 Å². The fourth-order valence-electron chi connectivity index (χ4n) is 2.47. The number of nitrogens with zero attached hydrogens (tertiary/aromatic N) is 1. The Morgan fingerprint density at radius 1 is 1.22 bits per heavy atom. The second kappa shape index (κ2) is 10.2. The lowest BCUT2D eigenvalue weighted by atomic mass is 10.2. The summed E-state index contributed by atoms with van der Waals surface area (Å²) in [6, 6.07) is 13.6. The number of halogens is 1. The first kappa shape index (κ1) is 21.1. The first-order valence-corrected chi connectivity index (χ1v) is 9.48. The van der Waals surface area contributed by atoms with Gasteiger partial charge in [0.1, 0.15) is 11.5 Å². The van der Waals surface area contributed by atoms with E-state index in [1.807, 2.05) is 61.2 Å². The normalized spacial score (nSPS) is 10.2. The Bertz CT molecular complexity index is 793. The van der Waals surface area contributed by atoms with E-state index in [2.05, 4.69) is 11.9 Å². The topological polar surface area (TPSA) is 33.7 Å². The molecule has 0 bridgehead atoms. The van der Waals surface area contributed by atoms with Gasteiger partial charge in [-0.1, -0.05) is 35.9 Å². The zero-order valence-electron chi connectivity index (χ0n) is 15.9. The molecule has 0 aromatic heterocycles. The minimum atomic E-state index is 0.536. The van der Waals surface area contributed by atoms with Gasteiger partial charge < -0.3 is 19.7 Å². The minimum Gasteiger partial charge on any atom is -0.495 e. The third kappa shape index (κ3) is 6.15. The van der Waals surface area contributed by atoms with Crippen molar-refractivity contribution in [2.24, 2.45) is 0 Å². The van der Waals surface area contributed by atoms with Crippen LogP contribution in [0.15, 0.2) is 54.6 Å². The van der Waals surface area contributed by atoms with Gasteiger partial charge >= 0.3 is 0 Å². The van der Waals surface area contributed by atoms with Crippen molar-refractivity contribution >= 4 is 34.6 Å². The van der Waals surface area contributed by atoms with Crippen molar-refractivity contribution in [2.45, 2.75) is 20.4 Å². The average Bonchev–Trinajstić information content (AvgIpc) is 2.65. The molecule has 0 aliphatic rings. The Labute approximate surface area is 171 Å². The highest BCUT2D eigenvalue weighted by Gasteiger charge is 2.15. The van der Waals surface area contributed by atoms with Crippen LogP contribution in [0, 0.1) is 0 Å². The summed E-state index contributed by atoms with van der Waals surface area (Å²) in [5.41, 5.74) is 2.99. The summed E-state index contributed by atoms with van der Waals surface area (Å²) < 4.78 is 10.8. The van der Waals surface area contributed by atoms with Crippen LogP contribution in [-0.4, -0.2) is 25.4 Å². The van der Waals surface area contributed by atoms with E-state index in [0.29, 0.717) is 35.6 Å².